The molecule has 150 valence electrons. The lowest BCUT2D eigenvalue weighted by molar-refractivity contribution is -0.149. The van der Waals surface area contributed by atoms with Crippen molar-refractivity contribution in [1.29, 1.82) is 5.26 Å². The van der Waals surface area contributed by atoms with Crippen LogP contribution >= 0.6 is 0 Å². The van der Waals surface area contributed by atoms with Gasteiger partial charge in [-0.15, -0.1) is 0 Å². The van der Waals surface area contributed by atoms with Crippen LogP contribution in [0.1, 0.15) is 18.9 Å². The van der Waals surface area contributed by atoms with Crippen LogP contribution in [0.15, 0.2) is 29.8 Å². The van der Waals surface area contributed by atoms with Gasteiger partial charge >= 0.3 is 5.97 Å². The summed E-state index contributed by atoms with van der Waals surface area (Å²) in [6, 6.07) is 8.07. The Kier molecular flexibility index (Phi) is 7.18. The van der Waals surface area contributed by atoms with Crippen molar-refractivity contribution in [1.82, 2.24) is 4.90 Å². The first kappa shape index (κ1) is 21.4. The lowest BCUT2D eigenvalue weighted by Gasteiger charge is -2.26. The number of likely N-dealkylation sites (N-methyl/N-ethyl adjacent to an activating group) is 1. The van der Waals surface area contributed by atoms with Crippen LogP contribution < -0.4 is 4.74 Å². The summed E-state index contributed by atoms with van der Waals surface area (Å²) in [6.45, 7) is 1.49. The normalized spacial score (nSPS) is 18.2. The van der Waals surface area contributed by atoms with Gasteiger partial charge in [-0.25, -0.2) is 13.2 Å². The second-order valence-corrected chi connectivity index (χ2v) is 8.48. The minimum atomic E-state index is -3.14. The van der Waals surface area contributed by atoms with Crippen LogP contribution in [-0.4, -0.2) is 63.0 Å². The number of methoxy groups -OCH3 is 1. The third-order valence-corrected chi connectivity index (χ3v) is 6.15. The van der Waals surface area contributed by atoms with E-state index >= 15 is 0 Å². The zero-order valence-electron chi connectivity index (χ0n) is 15.8. The number of carbonyl (C=O) groups is 2. The molecule has 1 atom stereocenters. The van der Waals surface area contributed by atoms with Gasteiger partial charge in [0, 0.05) is 12.6 Å². The van der Waals surface area contributed by atoms with Crippen LogP contribution in [0.5, 0.6) is 5.75 Å². The Morgan fingerprint density at radius 2 is 2.00 bits per heavy atom. The van der Waals surface area contributed by atoms with Crippen LogP contribution in [0.4, 0.5) is 0 Å². The Morgan fingerprint density at radius 3 is 2.50 bits per heavy atom. The predicted octanol–water partition coefficient (Wildman–Crippen LogP) is 1.18. The Balaban J connectivity index is 1.99. The first-order chi connectivity index (χ1) is 13.3. The molecule has 28 heavy (non-hydrogen) atoms. The third kappa shape index (κ3) is 5.57. The zero-order valence-corrected chi connectivity index (χ0v) is 16.6. The fourth-order valence-electron chi connectivity index (χ4n) is 2.95. The summed E-state index contributed by atoms with van der Waals surface area (Å²) in [4.78, 5) is 25.9. The average Bonchev–Trinajstić information content (AvgIpc) is 3.04. The van der Waals surface area contributed by atoms with Gasteiger partial charge in [0.1, 0.15) is 17.4 Å². The molecule has 1 unspecified atom stereocenters. The van der Waals surface area contributed by atoms with Crippen molar-refractivity contribution in [3.63, 3.8) is 0 Å². The molecule has 1 fully saturated rings. The van der Waals surface area contributed by atoms with Crippen molar-refractivity contribution in [2.24, 2.45) is 0 Å². The molecule has 2 rings (SSSR count). The van der Waals surface area contributed by atoms with Crippen molar-refractivity contribution in [3.8, 4) is 11.8 Å². The third-order valence-electron chi connectivity index (χ3n) is 4.40. The Hall–Kier alpha value is -2.86. The summed E-state index contributed by atoms with van der Waals surface area (Å²) in [5.41, 5.74) is 0.358. The average molecular weight is 406 g/mol. The predicted molar refractivity (Wildman–Crippen MR) is 102 cm³/mol. The highest BCUT2D eigenvalue weighted by molar-refractivity contribution is 7.91. The fourth-order valence-corrected chi connectivity index (χ4v) is 4.68. The lowest BCUT2D eigenvalue weighted by atomic mass is 10.1. The highest BCUT2D eigenvalue weighted by Crippen LogP contribution is 2.18. The number of hydrogen-bond donors (Lipinski definition) is 0. The molecule has 0 saturated carbocycles. The minimum absolute atomic E-state index is 0.0460. The van der Waals surface area contributed by atoms with Crippen LogP contribution in [0.25, 0.3) is 6.08 Å². The molecule has 0 bridgehead atoms. The van der Waals surface area contributed by atoms with E-state index < -0.39 is 34.4 Å². The molecule has 1 aromatic carbocycles. The standard InChI is InChI=1S/C19H22N2O6S/c1-3-21(16-8-9-28(24,25)13-16)18(22)12-27-19(23)15(11-20)10-14-4-6-17(26-2)7-5-14/h4-7,10,16H,3,8-9,12-13H2,1-2H3/b15-10-. The SMILES string of the molecule is CCN(C(=O)COC(=O)/C(C#N)=C\c1ccc(OC)cc1)C1CCS(=O)(=O)C1. The Bertz CT molecular complexity index is 899. The number of hydrogen-bond acceptors (Lipinski definition) is 7. The molecule has 1 aliphatic rings. The Morgan fingerprint density at radius 1 is 1.32 bits per heavy atom. The molecule has 1 aliphatic heterocycles. The zero-order chi connectivity index (χ0) is 20.7. The van der Waals surface area contributed by atoms with Crippen molar-refractivity contribution in [3.05, 3.63) is 35.4 Å². The topological polar surface area (TPSA) is 114 Å². The number of nitrogens with zero attached hydrogens (tertiary/aromatic N) is 2. The van der Waals surface area contributed by atoms with E-state index in [1.807, 2.05) is 0 Å². The number of nitriles is 1. The summed E-state index contributed by atoms with van der Waals surface area (Å²) >= 11 is 0. The maximum absolute atomic E-state index is 12.4. The van der Waals surface area contributed by atoms with Crippen molar-refractivity contribution >= 4 is 27.8 Å². The first-order valence-corrected chi connectivity index (χ1v) is 10.5. The van der Waals surface area contributed by atoms with Crippen LogP contribution in [0.3, 0.4) is 0 Å². The number of carbonyl (C=O) groups excluding carboxylic acids is 2. The van der Waals surface area contributed by atoms with Gasteiger partial charge in [0.25, 0.3) is 5.91 Å². The maximum Gasteiger partial charge on any atom is 0.349 e. The van der Waals surface area contributed by atoms with E-state index in [0.29, 0.717) is 24.3 Å². The second-order valence-electron chi connectivity index (χ2n) is 6.26. The van der Waals surface area contributed by atoms with Crippen LogP contribution in [0.2, 0.25) is 0 Å². The summed E-state index contributed by atoms with van der Waals surface area (Å²) in [6.07, 6.45) is 1.73. The molecule has 1 saturated heterocycles. The molecule has 0 aliphatic carbocycles. The van der Waals surface area contributed by atoms with Gasteiger partial charge in [0.15, 0.2) is 16.4 Å². The second kappa shape index (κ2) is 9.37. The fraction of sp³-hybridized carbons (Fsp3) is 0.421. The first-order valence-electron chi connectivity index (χ1n) is 8.72. The monoisotopic (exact) mass is 406 g/mol. The van der Waals surface area contributed by atoms with E-state index in [1.165, 1.54) is 18.1 Å². The lowest BCUT2D eigenvalue weighted by Crippen LogP contribution is -2.43. The van der Waals surface area contributed by atoms with Gasteiger partial charge < -0.3 is 14.4 Å². The minimum Gasteiger partial charge on any atom is -0.497 e. The summed E-state index contributed by atoms with van der Waals surface area (Å²) in [5, 5.41) is 9.20. The molecular formula is C19H22N2O6S. The van der Waals surface area contributed by atoms with Gasteiger partial charge in [0.2, 0.25) is 0 Å². The summed E-state index contributed by atoms with van der Waals surface area (Å²) in [7, 11) is -1.61. The van der Waals surface area contributed by atoms with Crippen LogP contribution in [-0.2, 0) is 24.2 Å². The number of rotatable bonds is 7. The molecule has 8 nitrogen and oxygen atoms in total. The van der Waals surface area contributed by atoms with E-state index in [1.54, 1.807) is 37.3 Å². The molecule has 1 amide bonds. The molecule has 1 aromatic rings. The number of esters is 1. The van der Waals surface area contributed by atoms with Gasteiger partial charge in [-0.1, -0.05) is 12.1 Å². The molecular weight excluding hydrogens is 384 g/mol. The van der Waals surface area contributed by atoms with Crippen LogP contribution in [0, 0.1) is 11.3 Å². The number of amides is 1. The molecule has 1 heterocycles. The van der Waals surface area contributed by atoms with Crippen molar-refractivity contribution in [2.45, 2.75) is 19.4 Å². The maximum atomic E-state index is 12.4. The van der Waals surface area contributed by atoms with Gasteiger partial charge in [-0.3, -0.25) is 4.79 Å². The van der Waals surface area contributed by atoms with Gasteiger partial charge in [-0.2, -0.15) is 5.26 Å². The molecule has 0 aromatic heterocycles. The van der Waals surface area contributed by atoms with E-state index in [-0.39, 0.29) is 17.1 Å². The van der Waals surface area contributed by atoms with E-state index in [2.05, 4.69) is 0 Å². The smallest absolute Gasteiger partial charge is 0.349 e. The highest BCUT2D eigenvalue weighted by atomic mass is 32.2. The number of ether oxygens (including phenoxy) is 2. The summed E-state index contributed by atoms with van der Waals surface area (Å²) < 4.78 is 33.3. The molecule has 0 spiro atoms. The van der Waals surface area contributed by atoms with E-state index in [0.717, 1.165) is 0 Å². The molecule has 0 N–H and O–H groups in total. The largest absolute Gasteiger partial charge is 0.497 e. The summed E-state index contributed by atoms with van der Waals surface area (Å²) in [5.74, 6) is -0.801. The number of benzene rings is 1. The highest BCUT2D eigenvalue weighted by Gasteiger charge is 2.34. The van der Waals surface area contributed by atoms with E-state index in [9.17, 15) is 23.3 Å². The molecule has 9 heteroatoms. The van der Waals surface area contributed by atoms with Gasteiger partial charge in [-0.05, 0) is 37.1 Å². The van der Waals surface area contributed by atoms with Crippen molar-refractivity contribution in [2.75, 3.05) is 31.8 Å². The van der Waals surface area contributed by atoms with Gasteiger partial charge in [0.05, 0.1) is 18.6 Å². The molecule has 0 radical (unpaired) electrons. The van der Waals surface area contributed by atoms with Crippen molar-refractivity contribution < 1.29 is 27.5 Å². The Labute approximate surface area is 164 Å². The number of sulfone groups is 1. The quantitative estimate of drug-likeness (QED) is 0.379. The van der Waals surface area contributed by atoms with E-state index in [4.69, 9.17) is 9.47 Å².